The van der Waals surface area contributed by atoms with Gasteiger partial charge < -0.3 is 10.2 Å². The van der Waals surface area contributed by atoms with Crippen molar-refractivity contribution >= 4 is 38.9 Å². The van der Waals surface area contributed by atoms with Crippen LogP contribution in [-0.4, -0.2) is 57.8 Å². The highest BCUT2D eigenvalue weighted by Gasteiger charge is 2.40. The van der Waals surface area contributed by atoms with Crippen molar-refractivity contribution in [3.8, 4) is 0 Å². The molecule has 0 aromatic heterocycles. The van der Waals surface area contributed by atoms with Crippen LogP contribution in [0.15, 0.2) is 47.4 Å². The van der Waals surface area contributed by atoms with E-state index in [1.165, 1.54) is 25.1 Å². The minimum atomic E-state index is -3.69. The molecule has 1 atom stereocenters. The molecule has 0 spiro atoms. The molecule has 2 heterocycles. The Morgan fingerprint density at radius 3 is 2.50 bits per heavy atom. The summed E-state index contributed by atoms with van der Waals surface area (Å²) in [5.74, 6) is -0.506. The zero-order chi connectivity index (χ0) is 23.0. The highest BCUT2D eigenvalue weighted by molar-refractivity contribution is 7.89. The van der Waals surface area contributed by atoms with Crippen LogP contribution >= 0.6 is 0 Å². The Hall–Kier alpha value is -2.91. The number of carbonyl (C=O) groups excluding carboxylic acids is 2. The fraction of sp³-hybridized carbons (Fsp3) is 0.391. The first-order chi connectivity index (χ1) is 15.2. The van der Waals surface area contributed by atoms with Crippen molar-refractivity contribution in [2.45, 2.75) is 37.1 Å². The summed E-state index contributed by atoms with van der Waals surface area (Å²) in [7, 11) is -0.754. The molecular formula is C23H28N4O4S. The minimum Gasteiger partial charge on any atom is -0.358 e. The summed E-state index contributed by atoms with van der Waals surface area (Å²) < 4.78 is 26.6. The molecule has 0 aliphatic carbocycles. The molecule has 2 aromatic carbocycles. The summed E-state index contributed by atoms with van der Waals surface area (Å²) in [6.45, 7) is 2.51. The lowest BCUT2D eigenvalue weighted by Gasteiger charge is -2.45. The van der Waals surface area contributed by atoms with Gasteiger partial charge in [-0.2, -0.15) is 0 Å². The van der Waals surface area contributed by atoms with Crippen molar-refractivity contribution in [2.24, 2.45) is 0 Å². The summed E-state index contributed by atoms with van der Waals surface area (Å²) in [5, 5.41) is 2.83. The zero-order valence-corrected chi connectivity index (χ0v) is 19.4. The van der Waals surface area contributed by atoms with Gasteiger partial charge in [0, 0.05) is 26.3 Å². The molecule has 0 unspecified atom stereocenters. The SMILES string of the molecule is Cc1ccc(NC(=O)CN2C(=O)[C@@H]3CCCCN3c3ccc(S(=O)(=O)N(C)C)cc32)cc1. The number of piperidine rings is 1. The second kappa shape index (κ2) is 8.55. The Bertz CT molecular complexity index is 1150. The molecule has 0 bridgehead atoms. The van der Waals surface area contributed by atoms with Gasteiger partial charge in [0.15, 0.2) is 0 Å². The third-order valence-electron chi connectivity index (χ3n) is 6.02. The molecule has 2 aromatic rings. The van der Waals surface area contributed by atoms with Crippen molar-refractivity contribution < 1.29 is 18.0 Å². The first-order valence-electron chi connectivity index (χ1n) is 10.7. The number of amides is 2. The predicted molar refractivity (Wildman–Crippen MR) is 124 cm³/mol. The summed E-state index contributed by atoms with van der Waals surface area (Å²) in [5.41, 5.74) is 2.97. The number of carbonyl (C=O) groups is 2. The van der Waals surface area contributed by atoms with E-state index in [4.69, 9.17) is 0 Å². The standard InChI is InChI=1S/C23H28N4O4S/c1-16-7-9-17(10-8-16)24-22(28)15-27-21-14-18(32(30,31)25(2)3)11-12-19(21)26-13-5-4-6-20(26)23(27)29/h7-12,14,20H,4-6,13,15H2,1-3H3,(H,24,28)/t20-/m0/s1. The highest BCUT2D eigenvalue weighted by atomic mass is 32.2. The lowest BCUT2D eigenvalue weighted by atomic mass is 9.96. The van der Waals surface area contributed by atoms with Crippen LogP contribution in [0.25, 0.3) is 0 Å². The van der Waals surface area contributed by atoms with E-state index in [1.807, 2.05) is 36.1 Å². The van der Waals surface area contributed by atoms with Crippen molar-refractivity contribution in [3.05, 3.63) is 48.0 Å². The number of fused-ring (bicyclic) bond motifs is 3. The number of nitrogens with zero attached hydrogens (tertiary/aromatic N) is 3. The maximum Gasteiger partial charge on any atom is 0.250 e. The molecular weight excluding hydrogens is 428 g/mol. The number of nitrogens with one attached hydrogen (secondary N) is 1. The Morgan fingerprint density at radius 2 is 1.81 bits per heavy atom. The van der Waals surface area contributed by atoms with Gasteiger partial charge in [-0.25, -0.2) is 12.7 Å². The average molecular weight is 457 g/mol. The molecule has 4 rings (SSSR count). The van der Waals surface area contributed by atoms with Crippen LogP contribution in [0.4, 0.5) is 17.1 Å². The number of sulfonamides is 1. The number of hydrogen-bond donors (Lipinski definition) is 1. The first-order valence-corrected chi connectivity index (χ1v) is 12.1. The molecule has 0 radical (unpaired) electrons. The second-order valence-electron chi connectivity index (χ2n) is 8.48. The maximum atomic E-state index is 13.4. The van der Waals surface area contributed by atoms with Crippen LogP contribution in [0.3, 0.4) is 0 Å². The van der Waals surface area contributed by atoms with E-state index in [-0.39, 0.29) is 29.3 Å². The fourth-order valence-electron chi connectivity index (χ4n) is 4.25. The summed E-state index contributed by atoms with van der Waals surface area (Å²) >= 11 is 0. The van der Waals surface area contributed by atoms with Crippen LogP contribution in [0.5, 0.6) is 0 Å². The normalized spacial score (nSPS) is 18.4. The third-order valence-corrected chi connectivity index (χ3v) is 7.83. The Morgan fingerprint density at radius 1 is 1.09 bits per heavy atom. The van der Waals surface area contributed by atoms with Crippen molar-refractivity contribution in [2.75, 3.05) is 42.3 Å². The lowest BCUT2D eigenvalue weighted by molar-refractivity contribution is -0.123. The first kappa shape index (κ1) is 22.3. The van der Waals surface area contributed by atoms with Crippen LogP contribution in [0, 0.1) is 6.92 Å². The molecule has 1 N–H and O–H groups in total. The molecule has 1 fully saturated rings. The average Bonchev–Trinajstić information content (AvgIpc) is 2.77. The van der Waals surface area contributed by atoms with Crippen molar-refractivity contribution in [3.63, 3.8) is 0 Å². The summed E-state index contributed by atoms with van der Waals surface area (Å²) in [6, 6.07) is 11.9. The molecule has 9 heteroatoms. The summed E-state index contributed by atoms with van der Waals surface area (Å²) in [4.78, 5) is 29.8. The van der Waals surface area contributed by atoms with Crippen LogP contribution in [-0.2, 0) is 19.6 Å². The van der Waals surface area contributed by atoms with Gasteiger partial charge in [-0.3, -0.25) is 14.5 Å². The topological polar surface area (TPSA) is 90.0 Å². The molecule has 2 aliphatic rings. The maximum absolute atomic E-state index is 13.4. The fourth-order valence-corrected chi connectivity index (χ4v) is 5.18. The van der Waals surface area contributed by atoms with E-state index >= 15 is 0 Å². The van der Waals surface area contributed by atoms with Gasteiger partial charge in [-0.05, 0) is 56.5 Å². The van der Waals surface area contributed by atoms with Gasteiger partial charge in [-0.1, -0.05) is 17.7 Å². The number of rotatable bonds is 5. The van der Waals surface area contributed by atoms with Crippen molar-refractivity contribution in [1.82, 2.24) is 4.31 Å². The van der Waals surface area contributed by atoms with Crippen LogP contribution < -0.4 is 15.1 Å². The van der Waals surface area contributed by atoms with Gasteiger partial charge in [0.2, 0.25) is 21.8 Å². The van der Waals surface area contributed by atoms with Gasteiger partial charge in [0.25, 0.3) is 0 Å². The monoisotopic (exact) mass is 456 g/mol. The number of aryl methyl sites for hydroxylation is 1. The quantitative estimate of drug-likeness (QED) is 0.747. The van der Waals surface area contributed by atoms with E-state index in [9.17, 15) is 18.0 Å². The second-order valence-corrected chi connectivity index (χ2v) is 10.6. The smallest absolute Gasteiger partial charge is 0.250 e. The Kier molecular flexibility index (Phi) is 5.96. The molecule has 0 saturated carbocycles. The lowest BCUT2D eigenvalue weighted by Crippen LogP contribution is -2.56. The van der Waals surface area contributed by atoms with E-state index in [0.29, 0.717) is 17.8 Å². The van der Waals surface area contributed by atoms with E-state index in [2.05, 4.69) is 5.32 Å². The third kappa shape index (κ3) is 4.10. The predicted octanol–water partition coefficient (Wildman–Crippen LogP) is 2.59. The van der Waals surface area contributed by atoms with E-state index in [0.717, 1.165) is 34.9 Å². The van der Waals surface area contributed by atoms with Crippen molar-refractivity contribution in [1.29, 1.82) is 0 Å². The largest absolute Gasteiger partial charge is 0.358 e. The van der Waals surface area contributed by atoms with Gasteiger partial charge >= 0.3 is 0 Å². The molecule has 170 valence electrons. The molecule has 2 amide bonds. The summed E-state index contributed by atoms with van der Waals surface area (Å²) in [6.07, 6.45) is 2.62. The minimum absolute atomic E-state index is 0.0912. The van der Waals surface area contributed by atoms with E-state index in [1.54, 1.807) is 12.1 Å². The molecule has 32 heavy (non-hydrogen) atoms. The number of anilines is 3. The Labute approximate surface area is 188 Å². The Balaban J connectivity index is 1.70. The number of benzene rings is 2. The van der Waals surface area contributed by atoms with E-state index < -0.39 is 10.0 Å². The van der Waals surface area contributed by atoms with Gasteiger partial charge in [-0.15, -0.1) is 0 Å². The van der Waals surface area contributed by atoms with Gasteiger partial charge in [0.05, 0.1) is 16.3 Å². The highest BCUT2D eigenvalue weighted by Crippen LogP contribution is 2.40. The van der Waals surface area contributed by atoms with Crippen LogP contribution in [0.1, 0.15) is 24.8 Å². The molecule has 1 saturated heterocycles. The zero-order valence-electron chi connectivity index (χ0n) is 18.5. The molecule has 8 nitrogen and oxygen atoms in total. The number of hydrogen-bond acceptors (Lipinski definition) is 5. The van der Waals surface area contributed by atoms with Crippen LogP contribution in [0.2, 0.25) is 0 Å². The molecule has 2 aliphatic heterocycles. The van der Waals surface area contributed by atoms with Gasteiger partial charge in [0.1, 0.15) is 12.6 Å².